The lowest BCUT2D eigenvalue weighted by Gasteiger charge is -2.28. The fourth-order valence-corrected chi connectivity index (χ4v) is 13.4. The van der Waals surface area contributed by atoms with Crippen molar-refractivity contribution in [2.75, 3.05) is 26.4 Å². The Bertz CT molecular complexity index is 5480. The van der Waals surface area contributed by atoms with Crippen LogP contribution in [-0.4, -0.2) is 97.9 Å². The maximum atomic E-state index is 14.8. The Balaban J connectivity index is 0.000000217. The summed E-state index contributed by atoms with van der Waals surface area (Å²) in [6.45, 7) is 31.5. The summed E-state index contributed by atoms with van der Waals surface area (Å²) in [6.07, 6.45) is -0.779. The number of phenols is 5. The number of Topliss-reactive ketones (excluding diaryl/α,β-unsaturated/α-hetero) is 1. The quantitative estimate of drug-likeness (QED) is 0.0281. The van der Waals surface area contributed by atoms with E-state index in [2.05, 4.69) is 59.9 Å². The van der Waals surface area contributed by atoms with E-state index in [1.807, 2.05) is 188 Å². The largest absolute Gasteiger partial charge is 0.507 e. The van der Waals surface area contributed by atoms with Crippen LogP contribution in [0.3, 0.4) is 0 Å². The zero-order valence-corrected chi connectivity index (χ0v) is 74.5. The van der Waals surface area contributed by atoms with Gasteiger partial charge < -0.3 is 59.1 Å². The fraction of sp³-hybridized carbons (Fsp3) is 0.289. The molecule has 0 aliphatic heterocycles. The van der Waals surface area contributed by atoms with Crippen molar-refractivity contribution in [2.45, 2.75) is 160 Å². The minimum atomic E-state index is -1.47. The van der Waals surface area contributed by atoms with E-state index in [-0.39, 0.29) is 65.5 Å². The lowest BCUT2D eigenvalue weighted by atomic mass is 9.95. The van der Waals surface area contributed by atoms with E-state index < -0.39 is 53.2 Å². The van der Waals surface area contributed by atoms with Crippen molar-refractivity contribution < 1.29 is 87.4 Å². The molecule has 3 atom stereocenters. The third-order valence-electron chi connectivity index (χ3n) is 17.6. The van der Waals surface area contributed by atoms with Gasteiger partial charge in [0.25, 0.3) is 0 Å². The van der Waals surface area contributed by atoms with Gasteiger partial charge in [-0.1, -0.05) is 205 Å². The topological polar surface area (TPSA) is 262 Å². The summed E-state index contributed by atoms with van der Waals surface area (Å²) in [5, 5.41) is 68.6. The molecule has 3 unspecified atom stereocenters. The highest BCUT2D eigenvalue weighted by molar-refractivity contribution is 9.11. The number of ketones is 1. The zero-order chi connectivity index (χ0) is 87.5. The number of halogens is 4. The first-order valence-electron chi connectivity index (χ1n) is 38.5. The number of carbonyl (C=O) groups excluding carboxylic acids is 5. The van der Waals surface area contributed by atoms with Gasteiger partial charge in [0.2, 0.25) is 0 Å². The molecule has 12 aromatic rings. The Morgan fingerprint density at radius 2 is 0.771 bits per heavy atom. The number of esters is 4. The SMILES string of the molecule is CC(=O)Cc1ccc(Br)cc1.CCOC(=O)C(O)c1c(C)cc2ccccc2c1O.CCOC(=O)C(OC(C)(C)C)c1c(C)c(F)c2ccccc2c1O.CCOC(=O)C(OC(C)(C)C)c1c(C)cc2ccccc2c1O.CCOC(=O)C=C(C)Cc1ccc(Br)cc1.Cc1cc(O)c2cc(Br)ccc2c1.Cc1cc(O)c2ccccc2c1. The Morgan fingerprint density at radius 1 is 0.407 bits per heavy atom. The summed E-state index contributed by atoms with van der Waals surface area (Å²) in [7, 11) is 0. The van der Waals surface area contributed by atoms with Gasteiger partial charge in [-0.2, -0.15) is 0 Å². The van der Waals surface area contributed by atoms with Crippen LogP contribution >= 0.6 is 47.8 Å². The fourth-order valence-electron chi connectivity index (χ4n) is 12.6. The van der Waals surface area contributed by atoms with Crippen LogP contribution in [0.2, 0.25) is 0 Å². The lowest BCUT2D eigenvalue weighted by Crippen LogP contribution is -2.29. The van der Waals surface area contributed by atoms with Crippen molar-refractivity contribution in [2.24, 2.45) is 0 Å². The Kier molecular flexibility index (Phi) is 37.1. The van der Waals surface area contributed by atoms with Crippen LogP contribution in [0.15, 0.2) is 225 Å². The van der Waals surface area contributed by atoms with Gasteiger partial charge in [-0.3, -0.25) is 4.79 Å². The number of allylic oxidation sites excluding steroid dienone is 1. The number of hydrogen-bond donors (Lipinski definition) is 6. The van der Waals surface area contributed by atoms with Crippen LogP contribution in [0.4, 0.5) is 4.39 Å². The second-order valence-corrected chi connectivity index (χ2v) is 32.4. The number of aliphatic hydroxyl groups is 1. The van der Waals surface area contributed by atoms with E-state index in [9.17, 15) is 59.0 Å². The summed E-state index contributed by atoms with van der Waals surface area (Å²) in [5.41, 5.74) is 6.59. The number of aromatic hydroxyl groups is 5. The minimum absolute atomic E-state index is 0.0721. The van der Waals surface area contributed by atoms with Gasteiger partial charge >= 0.3 is 23.9 Å². The number of carbonyl (C=O) groups is 5. The van der Waals surface area contributed by atoms with Gasteiger partial charge in [-0.25, -0.2) is 23.6 Å². The van der Waals surface area contributed by atoms with Gasteiger partial charge in [0.1, 0.15) is 40.3 Å². The number of aliphatic hydroxyl groups excluding tert-OH is 1. The zero-order valence-electron chi connectivity index (χ0n) is 69.8. The van der Waals surface area contributed by atoms with Crippen LogP contribution in [0.1, 0.15) is 157 Å². The molecule has 0 bridgehead atoms. The van der Waals surface area contributed by atoms with Gasteiger partial charge in [-0.15, -0.1) is 0 Å². The monoisotopic (exact) mass is 1800 g/mol. The van der Waals surface area contributed by atoms with Gasteiger partial charge in [0, 0.05) is 74.9 Å². The Morgan fingerprint density at radius 3 is 1.23 bits per heavy atom. The van der Waals surface area contributed by atoms with Gasteiger partial charge in [-0.05, 0) is 233 Å². The predicted molar refractivity (Wildman–Crippen MR) is 478 cm³/mol. The normalized spacial score (nSPS) is 11.9. The van der Waals surface area contributed by atoms with Crippen molar-refractivity contribution in [3.63, 3.8) is 0 Å². The average Bonchev–Trinajstić information content (AvgIpc) is 0.744. The van der Waals surface area contributed by atoms with Crippen molar-refractivity contribution in [1.82, 2.24) is 0 Å². The number of ether oxygens (including phenoxy) is 6. The van der Waals surface area contributed by atoms with E-state index in [1.165, 1.54) is 12.5 Å². The maximum Gasteiger partial charge on any atom is 0.340 e. The number of phenolic OH excluding ortho intramolecular Hbond substituents is 5. The van der Waals surface area contributed by atoms with E-state index in [0.29, 0.717) is 57.2 Å². The van der Waals surface area contributed by atoms with Crippen molar-refractivity contribution >= 4 is 131 Å². The molecule has 0 saturated carbocycles. The molecule has 0 aliphatic carbocycles. The number of rotatable bonds is 17. The first-order chi connectivity index (χ1) is 55.7. The first kappa shape index (κ1) is 96.3. The molecular formula is C97H106Br3FO17. The average molecular weight is 1800 g/mol. The van der Waals surface area contributed by atoms with E-state index in [4.69, 9.17) is 28.4 Å². The molecular weight excluding hydrogens is 1700 g/mol. The first-order valence-corrected chi connectivity index (χ1v) is 40.8. The van der Waals surface area contributed by atoms with E-state index >= 15 is 0 Å². The van der Waals surface area contributed by atoms with Crippen LogP contribution in [0.5, 0.6) is 28.7 Å². The molecule has 0 aromatic heterocycles. The molecule has 6 N–H and O–H groups in total. The van der Waals surface area contributed by atoms with Gasteiger partial charge in [0.05, 0.1) is 37.6 Å². The summed E-state index contributed by atoms with van der Waals surface area (Å²) in [6, 6.07) is 62.4. The highest BCUT2D eigenvalue weighted by Crippen LogP contribution is 2.43. The molecule has 0 radical (unpaired) electrons. The molecule has 0 amide bonds. The third-order valence-corrected chi connectivity index (χ3v) is 19.2. The van der Waals surface area contributed by atoms with E-state index in [0.717, 1.165) is 80.0 Å². The van der Waals surface area contributed by atoms with Crippen molar-refractivity contribution in [3.8, 4) is 28.7 Å². The summed E-state index contributed by atoms with van der Waals surface area (Å²) in [5.74, 6) is -1.89. The highest BCUT2D eigenvalue weighted by Gasteiger charge is 2.35. The molecule has 12 rings (SSSR count). The molecule has 0 fully saturated rings. The summed E-state index contributed by atoms with van der Waals surface area (Å²) >= 11 is 10.1. The predicted octanol–water partition coefficient (Wildman–Crippen LogP) is 23.7. The van der Waals surface area contributed by atoms with Crippen LogP contribution in [-0.2, 0) is 65.2 Å². The molecule has 17 nitrogen and oxygen atoms in total. The molecule has 0 spiro atoms. The highest BCUT2D eigenvalue weighted by atomic mass is 79.9. The van der Waals surface area contributed by atoms with Crippen LogP contribution in [0, 0.1) is 40.4 Å². The number of benzene rings is 12. The third kappa shape index (κ3) is 28.6. The second-order valence-electron chi connectivity index (χ2n) is 29.7. The van der Waals surface area contributed by atoms with Crippen molar-refractivity contribution in [3.05, 3.63) is 287 Å². The maximum absolute atomic E-state index is 14.8. The molecule has 624 valence electrons. The number of aryl methyl sites for hydroxylation is 4. The van der Waals surface area contributed by atoms with Crippen molar-refractivity contribution in [1.29, 1.82) is 0 Å². The van der Waals surface area contributed by atoms with Crippen LogP contribution < -0.4 is 0 Å². The molecule has 0 heterocycles. The molecule has 0 saturated heterocycles. The Labute approximate surface area is 715 Å². The minimum Gasteiger partial charge on any atom is -0.507 e. The van der Waals surface area contributed by atoms with Crippen LogP contribution in [0.25, 0.3) is 53.9 Å². The molecule has 21 heteroatoms. The summed E-state index contributed by atoms with van der Waals surface area (Å²) in [4.78, 5) is 58.3. The Hall–Kier alpha value is -10.5. The number of hydrogen-bond acceptors (Lipinski definition) is 17. The molecule has 118 heavy (non-hydrogen) atoms. The van der Waals surface area contributed by atoms with Gasteiger partial charge in [0.15, 0.2) is 18.3 Å². The lowest BCUT2D eigenvalue weighted by molar-refractivity contribution is -0.167. The summed E-state index contributed by atoms with van der Waals surface area (Å²) < 4.78 is 49.4. The second kappa shape index (κ2) is 45.4. The molecule has 0 aliphatic rings. The standard InChI is InChI=1S/C19H23FO4.C19H24O4.C15H16O4.C13H15BrO2.C11H9BrO.C11H10O.C9H9BrO/c1-6-23-18(22)17(24-19(3,4)5)14-11(2)15(20)12-9-7-8-10-13(12)16(14)21;1-6-22-18(21)17(23-19(3,4)5)15-12(2)11-13-9-7-8-10-14(13)16(15)20;1-3-19-15(18)14(17)12-9(2)8-10-6-4-5-7-11(10)13(12)16;1-3-16-13(15)9-10(2)8-11-4-6-12(14)7-5-11;1-7-4-8-2-3-9(12)6-10(8)11(13)5-7;1-8-6-9-4-2-3-5-10(9)11(12)7-8;1-7(11)6-8-2-4-9(10)5-3-8/h7-10,17,21H,6H2,1-5H3;7-11,17,20H,6H2,1-5H3;4-8,14,16-17H,3H2,1-2H3;4-7,9H,3,8H2,1-2H3;2-6,13H,1H3;2-7,12H,1H3;2-5H,6H2,1H3. The smallest absolute Gasteiger partial charge is 0.340 e. The number of fused-ring (bicyclic) bond motifs is 5. The molecule has 12 aromatic carbocycles. The van der Waals surface area contributed by atoms with E-state index in [1.54, 1.807) is 117 Å².